The van der Waals surface area contributed by atoms with E-state index < -0.39 is 29.2 Å². The minimum atomic E-state index is -0.680. The number of halogens is 2. The molecule has 1 aromatic carbocycles. The minimum Gasteiger partial charge on any atom is -0.466 e. The molecule has 1 rings (SSSR count). The van der Waals surface area contributed by atoms with Crippen LogP contribution in [0.15, 0.2) is 18.2 Å². The number of ether oxygens (including phenoxy) is 1. The molecule has 0 aromatic heterocycles. The Morgan fingerprint density at radius 1 is 1.58 bits per heavy atom. The van der Waals surface area contributed by atoms with Crippen LogP contribution in [0.3, 0.4) is 0 Å². The van der Waals surface area contributed by atoms with Gasteiger partial charge in [-0.2, -0.15) is 0 Å². The Morgan fingerprint density at radius 3 is 2.79 bits per heavy atom. The molecule has 0 N–H and O–H groups in total. The number of nitrogens with zero attached hydrogens (tertiary/aromatic N) is 1. The lowest BCUT2D eigenvalue weighted by Crippen LogP contribution is -2.18. The van der Waals surface area contributed by atoms with Crippen molar-refractivity contribution >= 4 is 28.6 Å². The fourth-order valence-electron chi connectivity index (χ4n) is 1.66. The minimum absolute atomic E-state index is 0.130. The zero-order chi connectivity index (χ0) is 14.4. The van der Waals surface area contributed by atoms with E-state index in [0.29, 0.717) is 9.13 Å². The van der Waals surface area contributed by atoms with Crippen molar-refractivity contribution in [2.75, 3.05) is 13.2 Å². The number of carbonyl (C=O) groups is 1. The first-order valence-corrected chi connectivity index (χ1v) is 6.74. The second-order valence-corrected chi connectivity index (χ2v) is 5.06. The van der Waals surface area contributed by atoms with Gasteiger partial charge in [0.2, 0.25) is 6.54 Å². The molecule has 0 aliphatic carbocycles. The smallest absolute Gasteiger partial charge is 0.306 e. The van der Waals surface area contributed by atoms with Gasteiger partial charge in [-0.15, -0.1) is 0 Å². The second kappa shape index (κ2) is 7.37. The average molecular weight is 381 g/mol. The maximum atomic E-state index is 13.5. The molecule has 0 aliphatic rings. The standard InChI is InChI=1S/C12H13FINO4/c1-2-19-12(16)6-9(7-15(17)18)8-3-4-11(14)10(13)5-8/h3-5,9H,2,6-7H2,1H3. The van der Waals surface area contributed by atoms with E-state index in [1.54, 1.807) is 13.0 Å². The van der Waals surface area contributed by atoms with Gasteiger partial charge in [0, 0.05) is 8.49 Å². The molecule has 0 saturated heterocycles. The topological polar surface area (TPSA) is 69.4 Å². The summed E-state index contributed by atoms with van der Waals surface area (Å²) in [7, 11) is 0. The predicted molar refractivity (Wildman–Crippen MR) is 75.0 cm³/mol. The summed E-state index contributed by atoms with van der Waals surface area (Å²) in [4.78, 5) is 21.5. The lowest BCUT2D eigenvalue weighted by atomic mass is 9.96. The van der Waals surface area contributed by atoms with Gasteiger partial charge in [-0.05, 0) is 47.2 Å². The van der Waals surface area contributed by atoms with Crippen LogP contribution in [0.4, 0.5) is 4.39 Å². The van der Waals surface area contributed by atoms with Crippen LogP contribution >= 0.6 is 22.6 Å². The van der Waals surface area contributed by atoms with Crippen molar-refractivity contribution in [3.8, 4) is 0 Å². The summed E-state index contributed by atoms with van der Waals surface area (Å²) in [6, 6.07) is 4.36. The van der Waals surface area contributed by atoms with E-state index in [0.717, 1.165) is 0 Å². The Hall–Kier alpha value is -1.25. The van der Waals surface area contributed by atoms with Gasteiger partial charge in [-0.25, -0.2) is 4.39 Å². The van der Waals surface area contributed by atoms with Crippen molar-refractivity contribution in [1.29, 1.82) is 0 Å². The van der Waals surface area contributed by atoms with E-state index >= 15 is 0 Å². The zero-order valence-electron chi connectivity index (χ0n) is 10.3. The first-order valence-electron chi connectivity index (χ1n) is 5.66. The number of carbonyl (C=O) groups excluding carboxylic acids is 1. The van der Waals surface area contributed by atoms with E-state index in [9.17, 15) is 19.3 Å². The number of hydrogen-bond donors (Lipinski definition) is 0. The Balaban J connectivity index is 2.91. The van der Waals surface area contributed by atoms with Gasteiger partial charge in [0.25, 0.3) is 0 Å². The first kappa shape index (κ1) is 15.8. The van der Waals surface area contributed by atoms with Gasteiger partial charge >= 0.3 is 5.97 Å². The number of benzene rings is 1. The van der Waals surface area contributed by atoms with Crippen LogP contribution < -0.4 is 0 Å². The Bertz CT molecular complexity index is 481. The highest BCUT2D eigenvalue weighted by molar-refractivity contribution is 14.1. The fourth-order valence-corrected chi connectivity index (χ4v) is 1.99. The lowest BCUT2D eigenvalue weighted by molar-refractivity contribution is -0.483. The number of hydrogen-bond acceptors (Lipinski definition) is 4. The molecular weight excluding hydrogens is 368 g/mol. The third kappa shape index (κ3) is 5.09. The van der Waals surface area contributed by atoms with Gasteiger partial charge in [0.1, 0.15) is 5.82 Å². The SMILES string of the molecule is CCOC(=O)CC(C[N+](=O)[O-])c1ccc(I)c(F)c1. The molecule has 104 valence electrons. The van der Waals surface area contributed by atoms with Crippen molar-refractivity contribution in [1.82, 2.24) is 0 Å². The van der Waals surface area contributed by atoms with Gasteiger partial charge in [-0.3, -0.25) is 14.9 Å². The first-order chi connectivity index (χ1) is 8.93. The largest absolute Gasteiger partial charge is 0.466 e. The van der Waals surface area contributed by atoms with Gasteiger partial charge in [-0.1, -0.05) is 6.07 Å². The number of rotatable bonds is 6. The fraction of sp³-hybridized carbons (Fsp3) is 0.417. The molecule has 0 amide bonds. The van der Waals surface area contributed by atoms with Crippen LogP contribution in [-0.2, 0) is 9.53 Å². The highest BCUT2D eigenvalue weighted by Crippen LogP contribution is 2.23. The van der Waals surface area contributed by atoms with Crippen LogP contribution in [-0.4, -0.2) is 24.0 Å². The molecule has 0 aliphatic heterocycles. The predicted octanol–water partition coefficient (Wildman–Crippen LogP) is 2.74. The second-order valence-electron chi connectivity index (χ2n) is 3.89. The highest BCUT2D eigenvalue weighted by Gasteiger charge is 2.23. The molecule has 0 fully saturated rings. The van der Waals surface area contributed by atoms with Gasteiger partial charge in [0.05, 0.1) is 18.9 Å². The summed E-state index contributed by atoms with van der Waals surface area (Å²) in [6.07, 6.45) is -0.130. The van der Waals surface area contributed by atoms with Gasteiger partial charge in [0.15, 0.2) is 0 Å². The maximum Gasteiger partial charge on any atom is 0.306 e. The third-order valence-electron chi connectivity index (χ3n) is 2.50. The summed E-state index contributed by atoms with van der Waals surface area (Å²) in [5, 5.41) is 10.6. The summed E-state index contributed by atoms with van der Waals surface area (Å²) >= 11 is 1.83. The highest BCUT2D eigenvalue weighted by atomic mass is 127. The maximum absolute atomic E-state index is 13.5. The molecule has 0 saturated carbocycles. The zero-order valence-corrected chi connectivity index (χ0v) is 12.4. The van der Waals surface area contributed by atoms with E-state index in [2.05, 4.69) is 0 Å². The molecular formula is C12H13FINO4. The van der Waals surface area contributed by atoms with Crippen LogP contribution in [0.5, 0.6) is 0 Å². The molecule has 0 spiro atoms. The monoisotopic (exact) mass is 381 g/mol. The quantitative estimate of drug-likeness (QED) is 0.329. The van der Waals surface area contributed by atoms with E-state index in [-0.39, 0.29) is 13.0 Å². The summed E-state index contributed by atoms with van der Waals surface area (Å²) in [5.41, 5.74) is 0.433. The molecule has 0 radical (unpaired) electrons. The van der Waals surface area contributed by atoms with Crippen LogP contribution in [0.25, 0.3) is 0 Å². The number of esters is 1. The van der Waals surface area contributed by atoms with Crippen molar-refractivity contribution in [3.05, 3.63) is 43.3 Å². The molecule has 1 aromatic rings. The third-order valence-corrected chi connectivity index (χ3v) is 3.38. The van der Waals surface area contributed by atoms with E-state index in [1.165, 1.54) is 12.1 Å². The Labute approximate surface area is 123 Å². The van der Waals surface area contributed by atoms with Crippen molar-refractivity contribution in [2.45, 2.75) is 19.3 Å². The average Bonchev–Trinajstić information content (AvgIpc) is 2.31. The Kier molecular flexibility index (Phi) is 6.13. The van der Waals surface area contributed by atoms with Crippen LogP contribution in [0.1, 0.15) is 24.8 Å². The Morgan fingerprint density at radius 2 is 2.26 bits per heavy atom. The molecule has 5 nitrogen and oxygen atoms in total. The number of nitro groups is 1. The van der Waals surface area contributed by atoms with E-state index in [1.807, 2.05) is 22.6 Å². The lowest BCUT2D eigenvalue weighted by Gasteiger charge is -2.13. The van der Waals surface area contributed by atoms with Crippen LogP contribution in [0.2, 0.25) is 0 Å². The van der Waals surface area contributed by atoms with Crippen molar-refractivity contribution < 1.29 is 18.8 Å². The van der Waals surface area contributed by atoms with E-state index in [4.69, 9.17) is 4.74 Å². The van der Waals surface area contributed by atoms with Crippen LogP contribution in [0, 0.1) is 19.5 Å². The molecule has 1 unspecified atom stereocenters. The summed E-state index contributed by atoms with van der Waals surface area (Å²) in [6.45, 7) is 1.44. The summed E-state index contributed by atoms with van der Waals surface area (Å²) in [5.74, 6) is -1.65. The van der Waals surface area contributed by atoms with Gasteiger partial charge < -0.3 is 4.74 Å². The normalized spacial score (nSPS) is 11.9. The molecule has 0 heterocycles. The molecule has 19 heavy (non-hydrogen) atoms. The summed E-state index contributed by atoms with van der Waals surface area (Å²) < 4.78 is 18.7. The molecule has 0 bridgehead atoms. The molecule has 7 heteroatoms. The van der Waals surface area contributed by atoms with Crippen molar-refractivity contribution in [2.24, 2.45) is 0 Å². The molecule has 1 atom stereocenters. The van der Waals surface area contributed by atoms with Crippen molar-refractivity contribution in [3.63, 3.8) is 0 Å².